The number of halogens is 1. The van der Waals surface area contributed by atoms with Gasteiger partial charge < -0.3 is 5.32 Å². The molecule has 0 aliphatic rings. The number of aryl methyl sites for hydroxylation is 1. The minimum atomic E-state index is -0.475. The molecule has 0 aliphatic carbocycles. The van der Waals surface area contributed by atoms with Crippen molar-refractivity contribution in [2.45, 2.75) is 19.9 Å². The van der Waals surface area contributed by atoms with E-state index < -0.39 is 4.92 Å². The lowest BCUT2D eigenvalue weighted by Gasteiger charge is -2.05. The minimum Gasteiger partial charge on any atom is -0.359 e. The van der Waals surface area contributed by atoms with Gasteiger partial charge in [0, 0.05) is 15.8 Å². The predicted molar refractivity (Wildman–Crippen MR) is 76.9 cm³/mol. The van der Waals surface area contributed by atoms with Crippen molar-refractivity contribution in [2.24, 2.45) is 0 Å². The zero-order chi connectivity index (χ0) is 13.8. The first-order chi connectivity index (χ1) is 9.10. The molecule has 19 heavy (non-hydrogen) atoms. The van der Waals surface area contributed by atoms with Crippen molar-refractivity contribution in [3.63, 3.8) is 0 Å². The van der Waals surface area contributed by atoms with Gasteiger partial charge in [-0.1, -0.05) is 18.5 Å². The molecule has 5 nitrogen and oxygen atoms in total. The second-order valence-corrected chi connectivity index (χ2v) is 5.47. The van der Waals surface area contributed by atoms with E-state index >= 15 is 0 Å². The summed E-state index contributed by atoms with van der Waals surface area (Å²) in [6.45, 7) is 2.59. The Balaban J connectivity index is 2.14. The molecule has 0 spiro atoms. The molecule has 0 atom stereocenters. The summed E-state index contributed by atoms with van der Waals surface area (Å²) in [7, 11) is 0. The number of nitrogens with zero attached hydrogens (tertiary/aromatic N) is 2. The van der Waals surface area contributed by atoms with Crippen LogP contribution in [0, 0.1) is 10.1 Å². The summed E-state index contributed by atoms with van der Waals surface area (Å²) < 4.78 is 0. The fraction of sp³-hybridized carbons (Fsp3) is 0.250. The molecule has 0 aromatic carbocycles. The van der Waals surface area contributed by atoms with Crippen LogP contribution >= 0.6 is 22.9 Å². The predicted octanol–water partition coefficient (Wildman–Crippen LogP) is 3.88. The molecule has 0 radical (unpaired) electrons. The van der Waals surface area contributed by atoms with E-state index in [4.69, 9.17) is 11.6 Å². The van der Waals surface area contributed by atoms with Crippen LogP contribution in [0.15, 0.2) is 24.3 Å². The average Bonchev–Trinajstić information content (AvgIpc) is 2.84. The van der Waals surface area contributed by atoms with E-state index in [-0.39, 0.29) is 16.7 Å². The van der Waals surface area contributed by atoms with Crippen LogP contribution in [0.25, 0.3) is 0 Å². The lowest BCUT2D eigenvalue weighted by Crippen LogP contribution is -2.03. The van der Waals surface area contributed by atoms with E-state index in [0.717, 1.165) is 11.3 Å². The summed E-state index contributed by atoms with van der Waals surface area (Å²) >= 11 is 7.44. The van der Waals surface area contributed by atoms with E-state index in [1.807, 2.05) is 6.07 Å². The number of hydrogen-bond acceptors (Lipinski definition) is 5. The maximum Gasteiger partial charge on any atom is 0.311 e. The molecule has 100 valence electrons. The van der Waals surface area contributed by atoms with Crippen molar-refractivity contribution >= 4 is 34.4 Å². The molecule has 0 fully saturated rings. The van der Waals surface area contributed by atoms with E-state index in [0.29, 0.717) is 6.54 Å². The highest BCUT2D eigenvalue weighted by Gasteiger charge is 2.15. The van der Waals surface area contributed by atoms with Crippen molar-refractivity contribution in [1.29, 1.82) is 0 Å². The van der Waals surface area contributed by atoms with Gasteiger partial charge in [0.25, 0.3) is 0 Å². The molecule has 0 amide bonds. The molecule has 2 aromatic heterocycles. The Bertz CT molecular complexity index is 600. The van der Waals surface area contributed by atoms with Crippen LogP contribution in [0.2, 0.25) is 5.15 Å². The molecule has 1 N–H and O–H groups in total. The number of nitro groups is 1. The van der Waals surface area contributed by atoms with Crippen LogP contribution in [0.3, 0.4) is 0 Å². The topological polar surface area (TPSA) is 68.1 Å². The normalized spacial score (nSPS) is 10.4. The molecular weight excluding hydrogens is 286 g/mol. The Hall–Kier alpha value is -1.66. The number of thiophene rings is 1. The summed E-state index contributed by atoms with van der Waals surface area (Å²) in [4.78, 5) is 16.7. The van der Waals surface area contributed by atoms with Crippen molar-refractivity contribution in [1.82, 2.24) is 4.98 Å². The van der Waals surface area contributed by atoms with Gasteiger partial charge in [0.15, 0.2) is 0 Å². The lowest BCUT2D eigenvalue weighted by molar-refractivity contribution is -0.384. The molecule has 0 aliphatic heterocycles. The molecular formula is C12H12ClN3O2S. The van der Waals surface area contributed by atoms with Crippen molar-refractivity contribution in [3.05, 3.63) is 49.3 Å². The lowest BCUT2D eigenvalue weighted by atomic mass is 10.3. The molecule has 0 bridgehead atoms. The zero-order valence-corrected chi connectivity index (χ0v) is 11.8. The van der Waals surface area contributed by atoms with Gasteiger partial charge in [-0.3, -0.25) is 10.1 Å². The Labute approximate surface area is 119 Å². The summed E-state index contributed by atoms with van der Waals surface area (Å²) in [5.41, 5.74) is -0.0725. The van der Waals surface area contributed by atoms with Crippen LogP contribution < -0.4 is 5.32 Å². The zero-order valence-electron chi connectivity index (χ0n) is 10.2. The summed E-state index contributed by atoms with van der Waals surface area (Å²) in [6.07, 6.45) is 0.986. The smallest absolute Gasteiger partial charge is 0.311 e. The number of anilines is 1. The monoisotopic (exact) mass is 297 g/mol. The highest BCUT2D eigenvalue weighted by Crippen LogP contribution is 2.25. The Kier molecular flexibility index (Phi) is 4.34. The van der Waals surface area contributed by atoms with Gasteiger partial charge in [0.2, 0.25) is 5.82 Å². The fourth-order valence-corrected chi connectivity index (χ4v) is 2.63. The van der Waals surface area contributed by atoms with Crippen molar-refractivity contribution < 1.29 is 4.92 Å². The Morgan fingerprint density at radius 3 is 2.74 bits per heavy atom. The number of aromatic nitrogens is 1. The van der Waals surface area contributed by atoms with Gasteiger partial charge in [-0.2, -0.15) is 0 Å². The Morgan fingerprint density at radius 2 is 2.11 bits per heavy atom. The first-order valence-electron chi connectivity index (χ1n) is 5.72. The summed E-state index contributed by atoms with van der Waals surface area (Å²) in [5, 5.41) is 14.1. The standard InChI is InChI=1S/C12H12ClN3O2S/c1-2-8-3-4-9(19-8)7-14-12-10(16(17)18)5-6-11(13)15-12/h3-6H,2,7H2,1H3,(H,14,15). The highest BCUT2D eigenvalue weighted by molar-refractivity contribution is 7.12. The molecule has 0 unspecified atom stereocenters. The highest BCUT2D eigenvalue weighted by atomic mass is 35.5. The maximum atomic E-state index is 10.9. The van der Waals surface area contributed by atoms with Crippen LogP contribution in [0.5, 0.6) is 0 Å². The first kappa shape index (κ1) is 13.8. The second-order valence-electron chi connectivity index (χ2n) is 3.83. The van der Waals surface area contributed by atoms with E-state index in [1.54, 1.807) is 11.3 Å². The van der Waals surface area contributed by atoms with Gasteiger partial charge in [-0.05, 0) is 24.6 Å². The minimum absolute atomic E-state index is 0.0725. The number of pyridine rings is 1. The SMILES string of the molecule is CCc1ccc(CNc2nc(Cl)ccc2[N+](=O)[O-])s1. The molecule has 7 heteroatoms. The first-order valence-corrected chi connectivity index (χ1v) is 6.92. The van der Waals surface area contributed by atoms with Gasteiger partial charge in [-0.15, -0.1) is 11.3 Å². The quantitative estimate of drug-likeness (QED) is 0.516. The van der Waals surface area contributed by atoms with E-state index in [1.165, 1.54) is 17.0 Å². The van der Waals surface area contributed by atoms with Crippen LogP contribution in [-0.4, -0.2) is 9.91 Å². The van der Waals surface area contributed by atoms with Crippen LogP contribution in [-0.2, 0) is 13.0 Å². The average molecular weight is 298 g/mol. The Morgan fingerprint density at radius 1 is 1.37 bits per heavy atom. The van der Waals surface area contributed by atoms with Gasteiger partial charge in [0.1, 0.15) is 5.15 Å². The van der Waals surface area contributed by atoms with Gasteiger partial charge >= 0.3 is 5.69 Å². The number of nitrogens with one attached hydrogen (secondary N) is 1. The summed E-state index contributed by atoms with van der Waals surface area (Å²) in [6, 6.07) is 6.82. The number of rotatable bonds is 5. The van der Waals surface area contributed by atoms with Crippen molar-refractivity contribution in [3.8, 4) is 0 Å². The number of hydrogen-bond donors (Lipinski definition) is 1. The fourth-order valence-electron chi connectivity index (χ4n) is 1.58. The second kappa shape index (κ2) is 5.99. The molecule has 0 saturated carbocycles. The molecule has 2 rings (SSSR count). The summed E-state index contributed by atoms with van der Waals surface area (Å²) in [5.74, 6) is 0.198. The van der Waals surface area contributed by atoms with Crippen molar-refractivity contribution in [2.75, 3.05) is 5.32 Å². The largest absolute Gasteiger partial charge is 0.359 e. The molecule has 0 saturated heterocycles. The molecule has 2 heterocycles. The maximum absolute atomic E-state index is 10.9. The van der Waals surface area contributed by atoms with Crippen LogP contribution in [0.1, 0.15) is 16.7 Å². The third-order valence-corrected chi connectivity index (χ3v) is 3.97. The van der Waals surface area contributed by atoms with Gasteiger partial charge in [0.05, 0.1) is 11.5 Å². The third kappa shape index (κ3) is 3.42. The van der Waals surface area contributed by atoms with E-state index in [9.17, 15) is 10.1 Å². The van der Waals surface area contributed by atoms with Crippen LogP contribution in [0.4, 0.5) is 11.5 Å². The molecule has 2 aromatic rings. The van der Waals surface area contributed by atoms with E-state index in [2.05, 4.69) is 23.3 Å². The van der Waals surface area contributed by atoms with Gasteiger partial charge in [-0.25, -0.2) is 4.98 Å². The third-order valence-electron chi connectivity index (χ3n) is 2.53.